The van der Waals surface area contributed by atoms with Crippen molar-refractivity contribution in [2.75, 3.05) is 16.3 Å². The molecule has 0 saturated carbocycles. The van der Waals surface area contributed by atoms with Crippen molar-refractivity contribution in [2.45, 2.75) is 39.3 Å². The van der Waals surface area contributed by atoms with Crippen molar-refractivity contribution in [1.82, 2.24) is 9.78 Å². The SMILES string of the molecule is CC(Nc1cnn(C(C)(C)C)c1)c1ccc(NS(C)(=O)=O)cc1. The highest BCUT2D eigenvalue weighted by Crippen LogP contribution is 2.22. The Kier molecular flexibility index (Phi) is 4.70. The molecule has 2 rings (SSSR count). The normalized spacial score (nSPS) is 13.6. The van der Waals surface area contributed by atoms with Crippen LogP contribution in [0.15, 0.2) is 36.7 Å². The van der Waals surface area contributed by atoms with Gasteiger partial charge < -0.3 is 5.32 Å². The molecule has 0 radical (unpaired) electrons. The second kappa shape index (κ2) is 6.23. The number of hydrogen-bond acceptors (Lipinski definition) is 4. The molecule has 2 N–H and O–H groups in total. The molecule has 0 aliphatic carbocycles. The van der Waals surface area contributed by atoms with Crippen LogP contribution in [0.25, 0.3) is 0 Å². The molecular formula is C16H24N4O2S. The molecule has 0 spiro atoms. The number of benzene rings is 1. The zero-order valence-corrected chi connectivity index (χ0v) is 15.0. The van der Waals surface area contributed by atoms with Crippen LogP contribution in [-0.2, 0) is 15.6 Å². The number of nitrogens with zero attached hydrogens (tertiary/aromatic N) is 2. The van der Waals surface area contributed by atoms with Gasteiger partial charge in [-0.2, -0.15) is 5.10 Å². The topological polar surface area (TPSA) is 76.0 Å². The number of aromatic nitrogens is 2. The molecule has 1 atom stereocenters. The summed E-state index contributed by atoms with van der Waals surface area (Å²) in [7, 11) is -3.25. The van der Waals surface area contributed by atoms with Gasteiger partial charge in [0.25, 0.3) is 0 Å². The van der Waals surface area contributed by atoms with Gasteiger partial charge in [0.15, 0.2) is 0 Å². The van der Waals surface area contributed by atoms with Gasteiger partial charge in [0.1, 0.15) is 0 Å². The minimum absolute atomic E-state index is 0.0534. The first-order chi connectivity index (χ1) is 10.5. The molecule has 6 nitrogen and oxygen atoms in total. The summed E-state index contributed by atoms with van der Waals surface area (Å²) in [5, 5.41) is 7.76. The molecule has 1 aromatic heterocycles. The van der Waals surface area contributed by atoms with E-state index in [0.29, 0.717) is 5.69 Å². The molecule has 0 bridgehead atoms. The lowest BCUT2D eigenvalue weighted by molar-refractivity contribution is 0.355. The third kappa shape index (κ3) is 4.99. The van der Waals surface area contributed by atoms with Gasteiger partial charge in [-0.25, -0.2) is 8.42 Å². The van der Waals surface area contributed by atoms with Crippen molar-refractivity contribution >= 4 is 21.4 Å². The Hall–Kier alpha value is -2.02. The summed E-state index contributed by atoms with van der Waals surface area (Å²) >= 11 is 0. The zero-order valence-electron chi connectivity index (χ0n) is 14.2. The third-order valence-corrected chi connectivity index (χ3v) is 3.97. The van der Waals surface area contributed by atoms with Crippen LogP contribution in [0.1, 0.15) is 39.3 Å². The lowest BCUT2D eigenvalue weighted by atomic mass is 10.1. The van der Waals surface area contributed by atoms with Gasteiger partial charge in [-0.05, 0) is 45.4 Å². The Labute approximate surface area is 138 Å². The fraction of sp³-hybridized carbons (Fsp3) is 0.438. The maximum Gasteiger partial charge on any atom is 0.229 e. The molecule has 23 heavy (non-hydrogen) atoms. The van der Waals surface area contributed by atoms with Crippen molar-refractivity contribution in [3.05, 3.63) is 42.2 Å². The molecule has 1 heterocycles. The van der Waals surface area contributed by atoms with Crippen LogP contribution < -0.4 is 10.0 Å². The van der Waals surface area contributed by atoms with E-state index < -0.39 is 10.0 Å². The molecule has 0 amide bonds. The Morgan fingerprint density at radius 2 is 1.74 bits per heavy atom. The first-order valence-electron chi connectivity index (χ1n) is 7.44. The van der Waals surface area contributed by atoms with Crippen molar-refractivity contribution < 1.29 is 8.42 Å². The molecule has 0 aliphatic rings. The van der Waals surface area contributed by atoms with Crippen LogP contribution in [0.5, 0.6) is 0 Å². The Bertz CT molecular complexity index is 758. The second-order valence-electron chi connectivity index (χ2n) is 6.71. The summed E-state index contributed by atoms with van der Waals surface area (Å²) in [6, 6.07) is 7.40. The first-order valence-corrected chi connectivity index (χ1v) is 9.33. The Balaban J connectivity index is 2.06. The lowest BCUT2D eigenvalue weighted by Gasteiger charge is -2.19. The minimum atomic E-state index is -3.25. The number of nitrogens with one attached hydrogen (secondary N) is 2. The highest BCUT2D eigenvalue weighted by atomic mass is 32.2. The van der Waals surface area contributed by atoms with Crippen molar-refractivity contribution in [1.29, 1.82) is 0 Å². The number of anilines is 2. The summed E-state index contributed by atoms with van der Waals surface area (Å²) in [6.45, 7) is 8.34. The first kappa shape index (κ1) is 17.3. The van der Waals surface area contributed by atoms with Crippen LogP contribution >= 0.6 is 0 Å². The quantitative estimate of drug-likeness (QED) is 0.879. The van der Waals surface area contributed by atoms with Gasteiger partial charge in [0, 0.05) is 17.9 Å². The van der Waals surface area contributed by atoms with Crippen LogP contribution in [-0.4, -0.2) is 24.5 Å². The average Bonchev–Trinajstić information content (AvgIpc) is 2.86. The number of rotatable bonds is 5. The van der Waals surface area contributed by atoms with Crippen molar-refractivity contribution in [3.63, 3.8) is 0 Å². The highest BCUT2D eigenvalue weighted by molar-refractivity contribution is 7.92. The molecule has 0 fully saturated rings. The third-order valence-electron chi connectivity index (χ3n) is 3.37. The van der Waals surface area contributed by atoms with E-state index in [4.69, 9.17) is 0 Å². The molecule has 0 aliphatic heterocycles. The van der Waals surface area contributed by atoms with Gasteiger partial charge in [-0.3, -0.25) is 9.40 Å². The van der Waals surface area contributed by atoms with Gasteiger partial charge in [0.2, 0.25) is 10.0 Å². The lowest BCUT2D eigenvalue weighted by Crippen LogP contribution is -2.21. The van der Waals surface area contributed by atoms with Crippen LogP contribution in [0.4, 0.5) is 11.4 Å². The molecule has 0 saturated heterocycles. The summed E-state index contributed by atoms with van der Waals surface area (Å²) < 4.78 is 26.8. The van der Waals surface area contributed by atoms with E-state index in [9.17, 15) is 8.42 Å². The largest absolute Gasteiger partial charge is 0.376 e. The molecule has 1 unspecified atom stereocenters. The maximum atomic E-state index is 11.2. The fourth-order valence-corrected chi connectivity index (χ4v) is 2.72. The van der Waals surface area contributed by atoms with Crippen LogP contribution in [0.2, 0.25) is 0 Å². The highest BCUT2D eigenvalue weighted by Gasteiger charge is 2.15. The van der Waals surface area contributed by atoms with Crippen molar-refractivity contribution in [2.24, 2.45) is 0 Å². The van der Waals surface area contributed by atoms with E-state index in [1.165, 1.54) is 0 Å². The minimum Gasteiger partial charge on any atom is -0.376 e. The molecule has 2 aromatic rings. The predicted molar refractivity (Wildman–Crippen MR) is 94.2 cm³/mol. The fourth-order valence-electron chi connectivity index (χ4n) is 2.15. The second-order valence-corrected chi connectivity index (χ2v) is 8.46. The van der Waals surface area contributed by atoms with Gasteiger partial charge in [0.05, 0.1) is 23.7 Å². The molecular weight excluding hydrogens is 312 g/mol. The summed E-state index contributed by atoms with van der Waals surface area (Å²) in [5.41, 5.74) is 2.52. The smallest absolute Gasteiger partial charge is 0.229 e. The standard InChI is InChI=1S/C16H24N4O2S/c1-12(18-15-10-17-20(11-15)16(2,3)4)13-6-8-14(9-7-13)19-23(5,21)22/h6-12,18-19H,1-5H3. The summed E-state index contributed by atoms with van der Waals surface area (Å²) in [4.78, 5) is 0. The molecule has 1 aromatic carbocycles. The van der Waals surface area contributed by atoms with E-state index >= 15 is 0 Å². The van der Waals surface area contributed by atoms with E-state index in [0.717, 1.165) is 17.5 Å². The summed E-state index contributed by atoms with van der Waals surface area (Å²) in [6.07, 6.45) is 4.93. The summed E-state index contributed by atoms with van der Waals surface area (Å²) in [5.74, 6) is 0. The zero-order chi connectivity index (χ0) is 17.3. The van der Waals surface area contributed by atoms with E-state index in [-0.39, 0.29) is 11.6 Å². The Morgan fingerprint density at radius 3 is 2.22 bits per heavy atom. The van der Waals surface area contributed by atoms with Crippen molar-refractivity contribution in [3.8, 4) is 0 Å². The average molecular weight is 336 g/mol. The number of sulfonamides is 1. The van der Waals surface area contributed by atoms with Crippen LogP contribution in [0.3, 0.4) is 0 Å². The molecule has 126 valence electrons. The van der Waals surface area contributed by atoms with Gasteiger partial charge in [-0.1, -0.05) is 12.1 Å². The predicted octanol–water partition coefficient (Wildman–Crippen LogP) is 3.18. The molecule has 7 heteroatoms. The number of hydrogen-bond donors (Lipinski definition) is 2. The van der Waals surface area contributed by atoms with E-state index in [1.807, 2.05) is 29.9 Å². The Morgan fingerprint density at radius 1 is 1.13 bits per heavy atom. The monoisotopic (exact) mass is 336 g/mol. The maximum absolute atomic E-state index is 11.2. The van der Waals surface area contributed by atoms with E-state index in [2.05, 4.69) is 35.9 Å². The van der Waals surface area contributed by atoms with Gasteiger partial charge >= 0.3 is 0 Å². The van der Waals surface area contributed by atoms with Gasteiger partial charge in [-0.15, -0.1) is 0 Å². The van der Waals surface area contributed by atoms with E-state index in [1.54, 1.807) is 18.3 Å². The van der Waals surface area contributed by atoms with Crippen LogP contribution in [0, 0.1) is 0 Å².